The van der Waals surface area contributed by atoms with Crippen molar-refractivity contribution in [2.75, 3.05) is 13.1 Å². The summed E-state index contributed by atoms with van der Waals surface area (Å²) in [6.07, 6.45) is 1.11. The van der Waals surface area contributed by atoms with E-state index in [0.717, 1.165) is 0 Å². The topological polar surface area (TPSA) is 61.8 Å². The molecule has 1 heterocycles. The summed E-state index contributed by atoms with van der Waals surface area (Å²) in [5.41, 5.74) is 7.97. The van der Waals surface area contributed by atoms with Crippen LogP contribution in [0.2, 0.25) is 0 Å². The zero-order valence-corrected chi connectivity index (χ0v) is 12.8. The zero-order chi connectivity index (χ0) is 16.2. The molecule has 0 amide bonds. The van der Waals surface area contributed by atoms with Crippen LogP contribution in [-0.4, -0.2) is 35.2 Å². The zero-order valence-electron chi connectivity index (χ0n) is 12.8. The minimum atomic E-state index is -0.283. The lowest BCUT2D eigenvalue weighted by Crippen LogP contribution is -2.43. The molecule has 0 bridgehead atoms. The van der Waals surface area contributed by atoms with Crippen LogP contribution in [0.15, 0.2) is 53.5 Å². The maximum Gasteiger partial charge on any atom is 0.196 e. The van der Waals surface area contributed by atoms with Crippen LogP contribution < -0.4 is 5.73 Å². The molecule has 1 aliphatic heterocycles. The van der Waals surface area contributed by atoms with E-state index in [0.29, 0.717) is 48.7 Å². The Bertz CT molecular complexity index is 709. The number of aliphatic imine (C=N–C) groups is 1. The maximum atomic E-state index is 14.1. The predicted molar refractivity (Wildman–Crippen MR) is 89.9 cm³/mol. The molecule has 0 radical (unpaired) electrons. The Kier molecular flexibility index (Phi) is 4.57. The van der Waals surface area contributed by atoms with Crippen LogP contribution in [-0.2, 0) is 0 Å². The summed E-state index contributed by atoms with van der Waals surface area (Å²) in [4.78, 5) is 6.45. The fourth-order valence-corrected chi connectivity index (χ4v) is 2.77. The van der Waals surface area contributed by atoms with Crippen molar-refractivity contribution in [1.29, 1.82) is 0 Å². The van der Waals surface area contributed by atoms with Crippen LogP contribution in [0.1, 0.15) is 12.8 Å². The van der Waals surface area contributed by atoms with Crippen molar-refractivity contribution in [2.24, 2.45) is 10.7 Å². The molecule has 0 saturated carbocycles. The smallest absolute Gasteiger partial charge is 0.196 e. The van der Waals surface area contributed by atoms with E-state index < -0.39 is 0 Å². The standard InChI is InChI=1S/C18H20FN3O/c19-16-7-3-1-5-14(16)15-6-2-4-8-17(15)21-18(20)22-11-9-13(23)10-12-22/h1-8,13,23H,9-12H2,(H2,20,21). The number of guanidine groups is 1. The number of piperidine rings is 1. The molecule has 1 saturated heterocycles. The highest BCUT2D eigenvalue weighted by atomic mass is 19.1. The van der Waals surface area contributed by atoms with E-state index in [4.69, 9.17) is 5.73 Å². The van der Waals surface area contributed by atoms with Crippen molar-refractivity contribution in [1.82, 2.24) is 4.90 Å². The van der Waals surface area contributed by atoms with Crippen molar-refractivity contribution in [2.45, 2.75) is 18.9 Å². The molecule has 1 aliphatic rings. The molecule has 0 aliphatic carbocycles. The second-order valence-corrected chi connectivity index (χ2v) is 5.69. The third-order valence-electron chi connectivity index (χ3n) is 4.09. The number of likely N-dealkylation sites (tertiary alicyclic amines) is 1. The molecule has 2 aromatic rings. The van der Waals surface area contributed by atoms with Crippen LogP contribution in [0.5, 0.6) is 0 Å². The van der Waals surface area contributed by atoms with Crippen molar-refractivity contribution in [3.63, 3.8) is 0 Å². The van der Waals surface area contributed by atoms with E-state index in [2.05, 4.69) is 4.99 Å². The number of para-hydroxylation sites is 1. The second kappa shape index (κ2) is 6.79. The minimum absolute atomic E-state index is 0.259. The summed E-state index contributed by atoms with van der Waals surface area (Å²) in [5, 5.41) is 9.57. The number of aliphatic hydroxyl groups excluding tert-OH is 1. The number of rotatable bonds is 2. The lowest BCUT2D eigenvalue weighted by molar-refractivity contribution is 0.109. The molecule has 0 atom stereocenters. The summed E-state index contributed by atoms with van der Waals surface area (Å²) in [6.45, 7) is 1.36. The van der Waals surface area contributed by atoms with Crippen molar-refractivity contribution < 1.29 is 9.50 Å². The molecular weight excluding hydrogens is 293 g/mol. The van der Waals surface area contributed by atoms with Gasteiger partial charge in [0, 0.05) is 24.2 Å². The van der Waals surface area contributed by atoms with Gasteiger partial charge in [-0.05, 0) is 25.0 Å². The van der Waals surface area contributed by atoms with Gasteiger partial charge in [0.1, 0.15) is 5.82 Å². The Morgan fingerprint density at radius 1 is 1.04 bits per heavy atom. The van der Waals surface area contributed by atoms with Crippen LogP contribution in [0.4, 0.5) is 10.1 Å². The maximum absolute atomic E-state index is 14.1. The molecule has 5 heteroatoms. The van der Waals surface area contributed by atoms with Gasteiger partial charge in [0.15, 0.2) is 5.96 Å². The molecule has 4 nitrogen and oxygen atoms in total. The van der Waals surface area contributed by atoms with E-state index in [-0.39, 0.29) is 11.9 Å². The first kappa shape index (κ1) is 15.5. The van der Waals surface area contributed by atoms with Gasteiger partial charge in [-0.15, -0.1) is 0 Å². The molecule has 1 fully saturated rings. The number of aliphatic hydroxyl groups is 1. The fourth-order valence-electron chi connectivity index (χ4n) is 2.77. The Morgan fingerprint density at radius 3 is 2.35 bits per heavy atom. The third-order valence-corrected chi connectivity index (χ3v) is 4.09. The molecule has 2 aromatic carbocycles. The monoisotopic (exact) mass is 313 g/mol. The lowest BCUT2D eigenvalue weighted by atomic mass is 10.0. The number of nitrogens with two attached hydrogens (primary N) is 1. The van der Waals surface area contributed by atoms with Crippen molar-refractivity contribution >= 4 is 11.6 Å². The Labute approximate surface area is 135 Å². The van der Waals surface area contributed by atoms with Gasteiger partial charge < -0.3 is 15.7 Å². The first-order valence-electron chi connectivity index (χ1n) is 7.76. The van der Waals surface area contributed by atoms with Crippen LogP contribution in [0.3, 0.4) is 0 Å². The quantitative estimate of drug-likeness (QED) is 0.662. The van der Waals surface area contributed by atoms with Crippen LogP contribution >= 0.6 is 0 Å². The van der Waals surface area contributed by atoms with Crippen LogP contribution in [0.25, 0.3) is 11.1 Å². The van der Waals surface area contributed by atoms with Gasteiger partial charge >= 0.3 is 0 Å². The van der Waals surface area contributed by atoms with Gasteiger partial charge in [-0.3, -0.25) is 0 Å². The Morgan fingerprint density at radius 2 is 1.65 bits per heavy atom. The summed E-state index contributed by atoms with van der Waals surface area (Å²) in [5.74, 6) is 0.121. The SMILES string of the molecule is NC(=Nc1ccccc1-c1ccccc1F)N1CCC(O)CC1. The van der Waals surface area contributed by atoms with Gasteiger partial charge in [0.25, 0.3) is 0 Å². The molecule has 0 unspecified atom stereocenters. The first-order chi connectivity index (χ1) is 11.1. The average molecular weight is 313 g/mol. The van der Waals surface area contributed by atoms with Gasteiger partial charge in [-0.2, -0.15) is 0 Å². The molecule has 0 spiro atoms. The fraction of sp³-hybridized carbons (Fsp3) is 0.278. The highest BCUT2D eigenvalue weighted by Crippen LogP contribution is 2.31. The van der Waals surface area contributed by atoms with E-state index in [1.807, 2.05) is 29.2 Å². The average Bonchev–Trinajstić information content (AvgIpc) is 2.56. The largest absolute Gasteiger partial charge is 0.393 e. The highest BCUT2D eigenvalue weighted by molar-refractivity contribution is 5.85. The summed E-state index contributed by atoms with van der Waals surface area (Å²) < 4.78 is 14.1. The Balaban J connectivity index is 1.92. The summed E-state index contributed by atoms with van der Waals surface area (Å²) >= 11 is 0. The van der Waals surface area contributed by atoms with Crippen molar-refractivity contribution in [3.05, 3.63) is 54.3 Å². The van der Waals surface area contributed by atoms with Gasteiger partial charge in [0.05, 0.1) is 11.8 Å². The van der Waals surface area contributed by atoms with Crippen molar-refractivity contribution in [3.8, 4) is 11.1 Å². The number of hydrogen-bond acceptors (Lipinski definition) is 2. The van der Waals surface area contributed by atoms with E-state index in [9.17, 15) is 9.50 Å². The lowest BCUT2D eigenvalue weighted by Gasteiger charge is -2.30. The third kappa shape index (κ3) is 3.51. The molecule has 0 aromatic heterocycles. The molecule has 23 heavy (non-hydrogen) atoms. The number of hydrogen-bond donors (Lipinski definition) is 2. The molecular formula is C18H20FN3O. The molecule has 3 N–H and O–H groups in total. The van der Waals surface area contributed by atoms with Gasteiger partial charge in [-0.25, -0.2) is 9.38 Å². The van der Waals surface area contributed by atoms with E-state index >= 15 is 0 Å². The van der Waals surface area contributed by atoms with Crippen LogP contribution in [0, 0.1) is 5.82 Å². The van der Waals surface area contributed by atoms with E-state index in [1.165, 1.54) is 6.07 Å². The second-order valence-electron chi connectivity index (χ2n) is 5.69. The number of benzene rings is 2. The van der Waals surface area contributed by atoms with E-state index in [1.54, 1.807) is 18.2 Å². The first-order valence-corrected chi connectivity index (χ1v) is 7.76. The predicted octanol–water partition coefficient (Wildman–Crippen LogP) is 2.90. The normalized spacial score (nSPS) is 16.6. The number of halogens is 1. The van der Waals surface area contributed by atoms with Gasteiger partial charge in [-0.1, -0.05) is 36.4 Å². The number of nitrogens with zero attached hydrogens (tertiary/aromatic N) is 2. The summed E-state index contributed by atoms with van der Waals surface area (Å²) in [6, 6.07) is 14.0. The molecule has 3 rings (SSSR count). The minimum Gasteiger partial charge on any atom is -0.393 e. The summed E-state index contributed by atoms with van der Waals surface area (Å²) in [7, 11) is 0. The highest BCUT2D eigenvalue weighted by Gasteiger charge is 2.18. The Hall–Kier alpha value is -2.40. The molecule has 120 valence electrons. The van der Waals surface area contributed by atoms with Gasteiger partial charge in [0.2, 0.25) is 0 Å².